The summed E-state index contributed by atoms with van der Waals surface area (Å²) in [7, 11) is 0. The van der Waals surface area contributed by atoms with Crippen LogP contribution in [0.15, 0.2) is 12.3 Å². The minimum absolute atomic E-state index is 0.296. The third kappa shape index (κ3) is 2.04. The predicted octanol–water partition coefficient (Wildman–Crippen LogP) is 0.836. The van der Waals surface area contributed by atoms with Crippen LogP contribution in [0.1, 0.15) is 5.56 Å². The lowest BCUT2D eigenvalue weighted by Gasteiger charge is -1.97. The van der Waals surface area contributed by atoms with Gasteiger partial charge in [0.1, 0.15) is 5.82 Å². The first-order chi connectivity index (χ1) is 5.74. The van der Waals surface area contributed by atoms with E-state index in [0.717, 1.165) is 5.56 Å². The standard InChI is InChI=1S/C8H8ClN3/c9-3-1-2-6-4-7(10)8(11)12-5-6/h4-5H,3,10H2,(H2,11,12). The third-order valence-electron chi connectivity index (χ3n) is 1.25. The molecule has 0 aliphatic heterocycles. The molecular weight excluding hydrogens is 174 g/mol. The van der Waals surface area contributed by atoms with Crippen LogP contribution in [0, 0.1) is 11.8 Å². The lowest BCUT2D eigenvalue weighted by atomic mass is 10.2. The number of anilines is 2. The molecule has 4 N–H and O–H groups in total. The van der Waals surface area contributed by atoms with E-state index in [1.807, 2.05) is 0 Å². The highest BCUT2D eigenvalue weighted by Crippen LogP contribution is 2.11. The van der Waals surface area contributed by atoms with Crippen molar-refractivity contribution in [1.82, 2.24) is 4.98 Å². The smallest absolute Gasteiger partial charge is 0.146 e. The van der Waals surface area contributed by atoms with E-state index in [9.17, 15) is 0 Å². The summed E-state index contributed by atoms with van der Waals surface area (Å²) in [6.45, 7) is 0. The molecule has 4 heteroatoms. The van der Waals surface area contributed by atoms with Crippen molar-refractivity contribution in [3.8, 4) is 11.8 Å². The normalized spacial score (nSPS) is 8.75. The number of hydrogen-bond acceptors (Lipinski definition) is 3. The van der Waals surface area contributed by atoms with E-state index in [-0.39, 0.29) is 0 Å². The molecule has 0 aliphatic carbocycles. The molecular formula is C8H8ClN3. The molecule has 0 amide bonds. The van der Waals surface area contributed by atoms with Gasteiger partial charge in [0.2, 0.25) is 0 Å². The number of alkyl halides is 1. The summed E-state index contributed by atoms with van der Waals surface area (Å²) >= 11 is 5.37. The van der Waals surface area contributed by atoms with Gasteiger partial charge >= 0.3 is 0 Å². The summed E-state index contributed by atoms with van der Waals surface area (Å²) in [5.41, 5.74) is 12.1. The van der Waals surface area contributed by atoms with E-state index in [1.165, 1.54) is 0 Å². The molecule has 0 aliphatic rings. The molecule has 0 radical (unpaired) electrons. The molecule has 0 spiro atoms. The Hall–Kier alpha value is -1.40. The average Bonchev–Trinajstić information content (AvgIpc) is 2.07. The first-order valence-corrected chi connectivity index (χ1v) is 3.83. The fourth-order valence-electron chi connectivity index (χ4n) is 0.696. The molecule has 12 heavy (non-hydrogen) atoms. The number of pyridine rings is 1. The van der Waals surface area contributed by atoms with Gasteiger partial charge in [-0.3, -0.25) is 0 Å². The molecule has 0 aromatic carbocycles. The van der Waals surface area contributed by atoms with E-state index >= 15 is 0 Å². The van der Waals surface area contributed by atoms with Crippen LogP contribution >= 0.6 is 11.6 Å². The third-order valence-corrected chi connectivity index (χ3v) is 1.38. The maximum Gasteiger partial charge on any atom is 0.146 e. The quantitative estimate of drug-likeness (QED) is 0.461. The van der Waals surface area contributed by atoms with E-state index in [0.29, 0.717) is 17.4 Å². The van der Waals surface area contributed by atoms with Gasteiger partial charge in [-0.05, 0) is 6.07 Å². The van der Waals surface area contributed by atoms with Crippen molar-refractivity contribution in [3.05, 3.63) is 17.8 Å². The first-order valence-electron chi connectivity index (χ1n) is 3.30. The molecule has 0 saturated carbocycles. The molecule has 1 rings (SSSR count). The first kappa shape index (κ1) is 8.69. The molecule has 3 nitrogen and oxygen atoms in total. The SMILES string of the molecule is Nc1cc(C#CCCl)cnc1N. The lowest BCUT2D eigenvalue weighted by Crippen LogP contribution is -1.97. The van der Waals surface area contributed by atoms with Crippen LogP contribution in [0.25, 0.3) is 0 Å². The topological polar surface area (TPSA) is 64.9 Å². The van der Waals surface area contributed by atoms with Gasteiger partial charge in [-0.15, -0.1) is 11.6 Å². The van der Waals surface area contributed by atoms with Crippen molar-refractivity contribution in [2.24, 2.45) is 0 Å². The Morgan fingerprint density at radius 2 is 2.25 bits per heavy atom. The van der Waals surface area contributed by atoms with Crippen molar-refractivity contribution >= 4 is 23.1 Å². The highest BCUT2D eigenvalue weighted by atomic mass is 35.5. The number of hydrogen-bond donors (Lipinski definition) is 2. The van der Waals surface area contributed by atoms with Crippen LogP contribution in [0.4, 0.5) is 11.5 Å². The van der Waals surface area contributed by atoms with Crippen LogP contribution in [-0.2, 0) is 0 Å². The fourth-order valence-corrected chi connectivity index (χ4v) is 0.763. The number of rotatable bonds is 0. The molecule has 1 heterocycles. The largest absolute Gasteiger partial charge is 0.396 e. The Morgan fingerprint density at radius 3 is 2.83 bits per heavy atom. The van der Waals surface area contributed by atoms with Crippen molar-refractivity contribution in [2.45, 2.75) is 0 Å². The predicted molar refractivity (Wildman–Crippen MR) is 50.7 cm³/mol. The van der Waals surface area contributed by atoms with E-state index < -0.39 is 0 Å². The van der Waals surface area contributed by atoms with Gasteiger partial charge in [0.05, 0.1) is 11.6 Å². The van der Waals surface area contributed by atoms with Crippen molar-refractivity contribution in [1.29, 1.82) is 0 Å². The van der Waals surface area contributed by atoms with E-state index in [4.69, 9.17) is 23.1 Å². The second-order valence-electron chi connectivity index (χ2n) is 2.13. The Kier molecular flexibility index (Phi) is 2.78. The van der Waals surface area contributed by atoms with Crippen molar-refractivity contribution in [3.63, 3.8) is 0 Å². The van der Waals surface area contributed by atoms with Crippen molar-refractivity contribution < 1.29 is 0 Å². The molecule has 62 valence electrons. The molecule has 1 aromatic heterocycles. The molecule has 1 aromatic rings. The van der Waals surface area contributed by atoms with Gasteiger partial charge in [0.25, 0.3) is 0 Å². The lowest BCUT2D eigenvalue weighted by molar-refractivity contribution is 1.32. The van der Waals surface area contributed by atoms with E-state index in [2.05, 4.69) is 16.8 Å². The van der Waals surface area contributed by atoms with Crippen molar-refractivity contribution in [2.75, 3.05) is 17.3 Å². The van der Waals surface area contributed by atoms with Crippen LogP contribution in [-0.4, -0.2) is 10.9 Å². The zero-order valence-corrected chi connectivity index (χ0v) is 7.10. The van der Waals surface area contributed by atoms with Crippen LogP contribution in [0.2, 0.25) is 0 Å². The summed E-state index contributed by atoms with van der Waals surface area (Å²) in [6, 6.07) is 1.67. The molecule has 0 atom stereocenters. The van der Waals surface area contributed by atoms with Crippen LogP contribution < -0.4 is 11.5 Å². The average molecular weight is 182 g/mol. The Morgan fingerprint density at radius 1 is 1.50 bits per heavy atom. The molecule has 0 bridgehead atoms. The summed E-state index contributed by atoms with van der Waals surface area (Å²) in [4.78, 5) is 3.84. The van der Waals surface area contributed by atoms with Gasteiger partial charge in [-0.25, -0.2) is 4.98 Å². The highest BCUT2D eigenvalue weighted by molar-refractivity contribution is 6.19. The monoisotopic (exact) mass is 181 g/mol. The number of halogens is 1. The minimum Gasteiger partial charge on any atom is -0.396 e. The summed E-state index contributed by atoms with van der Waals surface area (Å²) < 4.78 is 0. The Balaban J connectivity index is 2.97. The summed E-state index contributed by atoms with van der Waals surface area (Å²) in [5, 5.41) is 0. The van der Waals surface area contributed by atoms with Crippen LogP contribution in [0.3, 0.4) is 0 Å². The Bertz CT molecular complexity index is 338. The Labute approximate surface area is 75.7 Å². The molecule has 0 saturated heterocycles. The summed E-state index contributed by atoms with van der Waals surface area (Å²) in [6.07, 6.45) is 1.56. The number of aromatic nitrogens is 1. The number of nitrogens with two attached hydrogens (primary N) is 2. The van der Waals surface area contributed by atoms with Crippen LogP contribution in [0.5, 0.6) is 0 Å². The summed E-state index contributed by atoms with van der Waals surface area (Å²) in [5.74, 6) is 6.09. The highest BCUT2D eigenvalue weighted by Gasteiger charge is 1.94. The van der Waals surface area contributed by atoms with E-state index in [1.54, 1.807) is 12.3 Å². The minimum atomic E-state index is 0.296. The second-order valence-corrected chi connectivity index (χ2v) is 2.40. The maximum absolute atomic E-state index is 5.50. The number of nitrogen functional groups attached to an aromatic ring is 2. The van der Waals surface area contributed by atoms with Gasteiger partial charge in [0.15, 0.2) is 0 Å². The van der Waals surface area contributed by atoms with Gasteiger partial charge in [0, 0.05) is 11.8 Å². The second kappa shape index (κ2) is 3.84. The van der Waals surface area contributed by atoms with Gasteiger partial charge in [-0.2, -0.15) is 0 Å². The molecule has 0 fully saturated rings. The van der Waals surface area contributed by atoms with Gasteiger partial charge in [-0.1, -0.05) is 11.8 Å². The maximum atomic E-state index is 5.50. The zero-order chi connectivity index (χ0) is 8.97. The molecule has 0 unspecified atom stereocenters. The number of nitrogens with zero attached hydrogens (tertiary/aromatic N) is 1. The zero-order valence-electron chi connectivity index (χ0n) is 6.34. The van der Waals surface area contributed by atoms with Gasteiger partial charge < -0.3 is 11.5 Å². The fraction of sp³-hybridized carbons (Fsp3) is 0.125.